The fraction of sp³-hybridized carbons (Fsp3) is 0.933. The van der Waals surface area contributed by atoms with Gasteiger partial charge < -0.3 is 16.0 Å². The summed E-state index contributed by atoms with van der Waals surface area (Å²) in [5.41, 5.74) is 5.50. The number of nitrogens with one attached hydrogen (secondary N) is 1. The molecule has 19 heavy (non-hydrogen) atoms. The van der Waals surface area contributed by atoms with Gasteiger partial charge in [0.05, 0.1) is 6.04 Å². The van der Waals surface area contributed by atoms with Gasteiger partial charge in [-0.2, -0.15) is 0 Å². The Morgan fingerprint density at radius 3 is 2.63 bits per heavy atom. The van der Waals surface area contributed by atoms with Gasteiger partial charge in [0.1, 0.15) is 0 Å². The van der Waals surface area contributed by atoms with E-state index >= 15 is 0 Å². The molecule has 0 aromatic heterocycles. The van der Waals surface area contributed by atoms with E-state index in [2.05, 4.69) is 31.0 Å². The molecule has 1 aliphatic carbocycles. The van der Waals surface area contributed by atoms with Crippen molar-refractivity contribution in [2.24, 2.45) is 17.6 Å². The van der Waals surface area contributed by atoms with E-state index in [1.807, 2.05) is 0 Å². The summed E-state index contributed by atoms with van der Waals surface area (Å²) in [5, 5.41) is 3.37. The third-order valence-electron chi connectivity index (χ3n) is 4.78. The fourth-order valence-corrected chi connectivity index (χ4v) is 3.26. The van der Waals surface area contributed by atoms with Crippen molar-refractivity contribution in [2.75, 3.05) is 13.1 Å². The largest absolute Gasteiger partial charge is 0.368 e. The maximum atomic E-state index is 11.5. The maximum Gasteiger partial charge on any atom is 0.234 e. The lowest BCUT2D eigenvalue weighted by Crippen LogP contribution is -2.49. The molecule has 1 aliphatic heterocycles. The topological polar surface area (TPSA) is 58.4 Å². The smallest absolute Gasteiger partial charge is 0.234 e. The monoisotopic (exact) mass is 267 g/mol. The zero-order valence-corrected chi connectivity index (χ0v) is 12.6. The number of nitrogens with zero attached hydrogens (tertiary/aromatic N) is 1. The van der Waals surface area contributed by atoms with Gasteiger partial charge in [0.25, 0.3) is 0 Å². The number of carbonyl (C=O) groups excluding carboxylic acids is 1. The highest BCUT2D eigenvalue weighted by atomic mass is 16.1. The lowest BCUT2D eigenvalue weighted by molar-refractivity contribution is -0.120. The van der Waals surface area contributed by atoms with E-state index in [-0.39, 0.29) is 11.9 Å². The first kappa shape index (κ1) is 14.8. The Morgan fingerprint density at radius 1 is 1.37 bits per heavy atom. The quantitative estimate of drug-likeness (QED) is 0.764. The highest BCUT2D eigenvalue weighted by Gasteiger charge is 2.31. The average Bonchev–Trinajstić information content (AvgIpc) is 3.13. The van der Waals surface area contributed by atoms with Crippen LogP contribution in [0.25, 0.3) is 0 Å². The van der Waals surface area contributed by atoms with Crippen LogP contribution in [-0.4, -0.2) is 42.0 Å². The lowest BCUT2D eigenvalue weighted by Gasteiger charge is -2.41. The SMILES string of the molecule is CC1CC(C)C(C)N(CCC(NC2CC2)C(N)=O)C1. The Balaban J connectivity index is 1.82. The number of hydrogen-bond donors (Lipinski definition) is 2. The van der Waals surface area contributed by atoms with Gasteiger partial charge in [-0.3, -0.25) is 4.79 Å². The molecule has 2 aliphatic rings. The van der Waals surface area contributed by atoms with Crippen LogP contribution in [0.5, 0.6) is 0 Å². The van der Waals surface area contributed by atoms with Gasteiger partial charge in [-0.25, -0.2) is 0 Å². The molecular formula is C15H29N3O. The van der Waals surface area contributed by atoms with Gasteiger partial charge >= 0.3 is 0 Å². The van der Waals surface area contributed by atoms with Crippen LogP contribution in [-0.2, 0) is 4.79 Å². The normalized spacial score (nSPS) is 34.2. The highest BCUT2D eigenvalue weighted by Crippen LogP contribution is 2.27. The Hall–Kier alpha value is -0.610. The van der Waals surface area contributed by atoms with Crippen LogP contribution in [0.4, 0.5) is 0 Å². The van der Waals surface area contributed by atoms with Crippen LogP contribution in [0, 0.1) is 11.8 Å². The van der Waals surface area contributed by atoms with Crippen LogP contribution in [0.2, 0.25) is 0 Å². The summed E-state index contributed by atoms with van der Waals surface area (Å²) in [6.07, 6.45) is 4.54. The summed E-state index contributed by atoms with van der Waals surface area (Å²) < 4.78 is 0. The molecule has 4 nitrogen and oxygen atoms in total. The first-order valence-electron chi connectivity index (χ1n) is 7.76. The van der Waals surface area contributed by atoms with Crippen LogP contribution in [0.3, 0.4) is 0 Å². The Kier molecular flexibility index (Phi) is 4.85. The number of carbonyl (C=O) groups is 1. The number of hydrogen-bond acceptors (Lipinski definition) is 3. The summed E-state index contributed by atoms with van der Waals surface area (Å²) in [5.74, 6) is 1.31. The maximum absolute atomic E-state index is 11.5. The molecule has 0 spiro atoms. The number of primary amides is 1. The molecule has 1 amide bonds. The molecule has 0 bridgehead atoms. The van der Waals surface area contributed by atoms with E-state index in [1.165, 1.54) is 19.3 Å². The van der Waals surface area contributed by atoms with Crippen LogP contribution in [0.1, 0.15) is 46.5 Å². The molecule has 1 heterocycles. The van der Waals surface area contributed by atoms with Crippen molar-refractivity contribution in [3.63, 3.8) is 0 Å². The Morgan fingerprint density at radius 2 is 2.05 bits per heavy atom. The highest BCUT2D eigenvalue weighted by molar-refractivity contribution is 5.79. The van der Waals surface area contributed by atoms with E-state index in [1.54, 1.807) is 0 Å². The van der Waals surface area contributed by atoms with Gasteiger partial charge in [0.15, 0.2) is 0 Å². The molecule has 0 aromatic carbocycles. The molecule has 0 radical (unpaired) electrons. The van der Waals surface area contributed by atoms with Crippen molar-refractivity contribution in [1.29, 1.82) is 0 Å². The molecular weight excluding hydrogens is 238 g/mol. The number of nitrogens with two attached hydrogens (primary N) is 1. The minimum atomic E-state index is -0.197. The summed E-state index contributed by atoms with van der Waals surface area (Å²) >= 11 is 0. The number of amides is 1. The molecule has 110 valence electrons. The molecule has 4 heteroatoms. The molecule has 2 rings (SSSR count). The van der Waals surface area contributed by atoms with E-state index in [9.17, 15) is 4.79 Å². The summed E-state index contributed by atoms with van der Waals surface area (Å²) in [6.45, 7) is 9.10. The fourth-order valence-electron chi connectivity index (χ4n) is 3.26. The second-order valence-corrected chi connectivity index (χ2v) is 6.74. The average molecular weight is 267 g/mol. The van der Waals surface area contributed by atoms with Gasteiger partial charge in [0, 0.05) is 25.2 Å². The van der Waals surface area contributed by atoms with Crippen LogP contribution in [0.15, 0.2) is 0 Å². The van der Waals surface area contributed by atoms with Gasteiger partial charge in [-0.05, 0) is 44.4 Å². The lowest BCUT2D eigenvalue weighted by atomic mass is 9.86. The first-order chi connectivity index (χ1) is 8.97. The zero-order valence-electron chi connectivity index (χ0n) is 12.6. The standard InChI is InChI=1S/C15H29N3O/c1-10-8-11(2)12(3)18(9-10)7-6-14(15(16)19)17-13-4-5-13/h10-14,17H,4-9H2,1-3H3,(H2,16,19). The van der Waals surface area contributed by atoms with Gasteiger partial charge in [0.2, 0.25) is 5.91 Å². The van der Waals surface area contributed by atoms with Crippen molar-refractivity contribution in [1.82, 2.24) is 10.2 Å². The van der Waals surface area contributed by atoms with Crippen molar-refractivity contribution >= 4 is 5.91 Å². The minimum Gasteiger partial charge on any atom is -0.368 e. The van der Waals surface area contributed by atoms with Crippen molar-refractivity contribution in [2.45, 2.75) is 64.6 Å². The summed E-state index contributed by atoms with van der Waals surface area (Å²) in [7, 11) is 0. The van der Waals surface area contributed by atoms with Crippen molar-refractivity contribution in [3.05, 3.63) is 0 Å². The number of rotatable bonds is 6. The van der Waals surface area contributed by atoms with Crippen LogP contribution >= 0.6 is 0 Å². The van der Waals surface area contributed by atoms with Crippen LogP contribution < -0.4 is 11.1 Å². The summed E-state index contributed by atoms with van der Waals surface area (Å²) in [4.78, 5) is 14.0. The molecule has 1 saturated heterocycles. The van der Waals surface area contributed by atoms with E-state index in [0.717, 1.165) is 31.3 Å². The second-order valence-electron chi connectivity index (χ2n) is 6.74. The summed E-state index contributed by atoms with van der Waals surface area (Å²) in [6, 6.07) is 1.01. The zero-order chi connectivity index (χ0) is 14.0. The predicted octanol–water partition coefficient (Wildman–Crippen LogP) is 1.35. The third-order valence-corrected chi connectivity index (χ3v) is 4.78. The third kappa shape index (κ3) is 4.18. The number of likely N-dealkylation sites (tertiary alicyclic amines) is 1. The van der Waals surface area contributed by atoms with E-state index < -0.39 is 0 Å². The number of piperidine rings is 1. The van der Waals surface area contributed by atoms with Crippen molar-refractivity contribution in [3.8, 4) is 0 Å². The Bertz CT molecular complexity index is 317. The molecule has 4 atom stereocenters. The minimum absolute atomic E-state index is 0.146. The van der Waals surface area contributed by atoms with E-state index in [4.69, 9.17) is 5.73 Å². The molecule has 3 N–H and O–H groups in total. The van der Waals surface area contributed by atoms with E-state index in [0.29, 0.717) is 12.1 Å². The molecule has 0 aromatic rings. The Labute approximate surface area is 117 Å². The second kappa shape index (κ2) is 6.23. The first-order valence-corrected chi connectivity index (χ1v) is 7.76. The van der Waals surface area contributed by atoms with Crippen molar-refractivity contribution < 1.29 is 4.79 Å². The molecule has 1 saturated carbocycles. The molecule has 2 fully saturated rings. The molecule has 4 unspecified atom stereocenters. The predicted molar refractivity (Wildman–Crippen MR) is 77.7 cm³/mol. The van der Waals surface area contributed by atoms with Gasteiger partial charge in [-0.1, -0.05) is 13.8 Å². The van der Waals surface area contributed by atoms with Gasteiger partial charge in [-0.15, -0.1) is 0 Å².